The molecule has 0 amide bonds. The normalized spacial score (nSPS) is 26.1. The van der Waals surface area contributed by atoms with Crippen LogP contribution in [0.3, 0.4) is 0 Å². The number of benzene rings is 1. The molecular formula is C23H32N2O3S. The maximum Gasteiger partial charge on any atom is 0.307 e. The highest BCUT2D eigenvalue weighted by Gasteiger charge is 2.31. The van der Waals surface area contributed by atoms with Crippen LogP contribution in [0.25, 0.3) is 10.2 Å². The molecular weight excluding hydrogens is 384 g/mol. The fourth-order valence-corrected chi connectivity index (χ4v) is 5.69. The predicted octanol–water partition coefficient (Wildman–Crippen LogP) is 5.19. The lowest BCUT2D eigenvalue weighted by Gasteiger charge is -2.36. The molecule has 0 spiro atoms. The van der Waals surface area contributed by atoms with Crippen molar-refractivity contribution in [3.8, 4) is 5.75 Å². The first-order valence-electron chi connectivity index (χ1n) is 10.8. The number of rotatable bonds is 5. The summed E-state index contributed by atoms with van der Waals surface area (Å²) in [7, 11) is 0. The largest absolute Gasteiger partial charge is 0.490 e. The third-order valence-electron chi connectivity index (χ3n) is 6.59. The monoisotopic (exact) mass is 416 g/mol. The number of carboxylic acids is 1. The summed E-state index contributed by atoms with van der Waals surface area (Å²) < 4.78 is 7.46. The average molecular weight is 417 g/mol. The molecule has 158 valence electrons. The first kappa shape index (κ1) is 20.6. The highest BCUT2D eigenvalue weighted by atomic mass is 32.1. The summed E-state index contributed by atoms with van der Waals surface area (Å²) >= 11 is 1.70. The van der Waals surface area contributed by atoms with E-state index >= 15 is 0 Å². The maximum absolute atomic E-state index is 11.2. The van der Waals surface area contributed by atoms with E-state index in [1.54, 1.807) is 11.3 Å². The van der Waals surface area contributed by atoms with Gasteiger partial charge in [-0.05, 0) is 62.1 Å². The van der Waals surface area contributed by atoms with Crippen molar-refractivity contribution in [2.75, 3.05) is 13.1 Å². The summed E-state index contributed by atoms with van der Waals surface area (Å²) in [5.74, 6) is 0.783. The Balaban J connectivity index is 1.36. The number of likely N-dealkylation sites (tertiary alicyclic amines) is 1. The van der Waals surface area contributed by atoms with Gasteiger partial charge in [0, 0.05) is 12.6 Å². The van der Waals surface area contributed by atoms with E-state index in [9.17, 15) is 9.90 Å². The standard InChI is InChI=1S/C23H32N2O3S/c1-23(2,3)16-4-6-17(7-5-16)28-18-8-9-20-19(12-18)24-21(29-20)14-25-11-10-15(13-25)22(26)27/h8-9,12,15-17H,4-7,10-11,13-14H2,1-3H3,(H,26,27)/t15-,16-,17-/m1/s1. The number of fused-ring (bicyclic) bond motifs is 1. The van der Waals surface area contributed by atoms with Crippen molar-refractivity contribution in [3.63, 3.8) is 0 Å². The van der Waals surface area contributed by atoms with Crippen LogP contribution in [0.1, 0.15) is 57.9 Å². The van der Waals surface area contributed by atoms with Gasteiger partial charge in [-0.25, -0.2) is 4.98 Å². The van der Waals surface area contributed by atoms with Gasteiger partial charge in [0.25, 0.3) is 0 Å². The van der Waals surface area contributed by atoms with Crippen LogP contribution in [0.4, 0.5) is 0 Å². The summed E-state index contributed by atoms with van der Waals surface area (Å²) in [6.07, 6.45) is 5.77. The van der Waals surface area contributed by atoms with Crippen LogP contribution in [-0.2, 0) is 11.3 Å². The molecule has 4 rings (SSSR count). The molecule has 1 N–H and O–H groups in total. The molecule has 0 radical (unpaired) electrons. The highest BCUT2D eigenvalue weighted by Crippen LogP contribution is 2.39. The average Bonchev–Trinajstić information content (AvgIpc) is 3.28. The Bertz CT molecular complexity index is 865. The third kappa shape index (κ3) is 4.92. The first-order chi connectivity index (χ1) is 13.8. The zero-order valence-electron chi connectivity index (χ0n) is 17.7. The smallest absolute Gasteiger partial charge is 0.307 e. The van der Waals surface area contributed by atoms with E-state index in [1.165, 1.54) is 12.8 Å². The van der Waals surface area contributed by atoms with Crippen LogP contribution in [0.15, 0.2) is 18.2 Å². The number of ether oxygens (including phenoxy) is 1. The summed E-state index contributed by atoms with van der Waals surface area (Å²) in [6, 6.07) is 6.24. The minimum Gasteiger partial charge on any atom is -0.490 e. The van der Waals surface area contributed by atoms with Gasteiger partial charge < -0.3 is 9.84 Å². The Morgan fingerprint density at radius 2 is 2.00 bits per heavy atom. The van der Waals surface area contributed by atoms with Crippen LogP contribution >= 0.6 is 11.3 Å². The van der Waals surface area contributed by atoms with E-state index in [1.807, 2.05) is 0 Å². The van der Waals surface area contributed by atoms with Crippen molar-refractivity contribution < 1.29 is 14.6 Å². The molecule has 1 aromatic carbocycles. The van der Waals surface area contributed by atoms with E-state index in [0.29, 0.717) is 18.1 Å². The first-order valence-corrected chi connectivity index (χ1v) is 11.6. The van der Waals surface area contributed by atoms with Crippen molar-refractivity contribution in [2.45, 2.75) is 65.5 Å². The van der Waals surface area contributed by atoms with E-state index in [4.69, 9.17) is 9.72 Å². The summed E-state index contributed by atoms with van der Waals surface area (Å²) in [4.78, 5) is 18.1. The number of hydrogen-bond donors (Lipinski definition) is 1. The molecule has 2 aliphatic rings. The Kier molecular flexibility index (Phi) is 5.85. The van der Waals surface area contributed by atoms with Gasteiger partial charge in [0.05, 0.1) is 28.8 Å². The third-order valence-corrected chi connectivity index (χ3v) is 7.61. The predicted molar refractivity (Wildman–Crippen MR) is 116 cm³/mol. The van der Waals surface area contributed by atoms with Crippen molar-refractivity contribution in [1.29, 1.82) is 0 Å². The molecule has 5 nitrogen and oxygen atoms in total. The molecule has 0 unspecified atom stereocenters. The molecule has 6 heteroatoms. The molecule has 1 aliphatic heterocycles. The fourth-order valence-electron chi connectivity index (χ4n) is 4.70. The quantitative estimate of drug-likeness (QED) is 0.727. The number of hydrogen-bond acceptors (Lipinski definition) is 5. The SMILES string of the molecule is CC(C)(C)[C@H]1CC[C@H](Oc2ccc3sc(CN4CC[C@@H](C(=O)O)C4)nc3c2)CC1. The number of nitrogens with zero attached hydrogens (tertiary/aromatic N) is 2. The van der Waals surface area contributed by atoms with Gasteiger partial charge in [0.2, 0.25) is 0 Å². The van der Waals surface area contributed by atoms with Gasteiger partial charge in [-0.3, -0.25) is 9.69 Å². The number of thiazole rings is 1. The second-order valence-corrected chi connectivity index (χ2v) is 10.9. The Labute approximate surface area is 177 Å². The minimum atomic E-state index is -0.685. The lowest BCUT2D eigenvalue weighted by Crippen LogP contribution is -2.30. The second-order valence-electron chi connectivity index (χ2n) is 9.75. The van der Waals surface area contributed by atoms with Gasteiger partial charge >= 0.3 is 5.97 Å². The molecule has 1 saturated heterocycles. The van der Waals surface area contributed by atoms with Crippen molar-refractivity contribution in [2.24, 2.45) is 17.3 Å². The van der Waals surface area contributed by atoms with Gasteiger partial charge in [-0.2, -0.15) is 0 Å². The Morgan fingerprint density at radius 1 is 1.24 bits per heavy atom. The molecule has 2 aromatic rings. The molecule has 1 saturated carbocycles. The zero-order chi connectivity index (χ0) is 20.6. The van der Waals surface area contributed by atoms with Crippen molar-refractivity contribution >= 4 is 27.5 Å². The van der Waals surface area contributed by atoms with E-state index in [0.717, 1.165) is 59.2 Å². The summed E-state index contributed by atoms with van der Waals surface area (Å²) in [5.41, 5.74) is 1.38. The van der Waals surface area contributed by atoms with Gasteiger partial charge in [-0.15, -0.1) is 11.3 Å². The topological polar surface area (TPSA) is 62.7 Å². The zero-order valence-corrected chi connectivity index (χ0v) is 18.5. The van der Waals surface area contributed by atoms with E-state index < -0.39 is 5.97 Å². The molecule has 2 fully saturated rings. The van der Waals surface area contributed by atoms with Gasteiger partial charge in [0.15, 0.2) is 0 Å². The van der Waals surface area contributed by atoms with Crippen LogP contribution in [-0.4, -0.2) is 40.2 Å². The molecule has 1 aromatic heterocycles. The van der Waals surface area contributed by atoms with Crippen LogP contribution in [0.2, 0.25) is 0 Å². The number of carboxylic acid groups (broad SMARTS) is 1. The molecule has 1 aliphatic carbocycles. The second kappa shape index (κ2) is 8.23. The summed E-state index contributed by atoms with van der Waals surface area (Å²) in [6.45, 7) is 9.22. The van der Waals surface area contributed by atoms with Crippen molar-refractivity contribution in [1.82, 2.24) is 9.88 Å². The number of aliphatic carboxylic acids is 1. The van der Waals surface area contributed by atoms with Gasteiger partial charge in [-0.1, -0.05) is 20.8 Å². The fraction of sp³-hybridized carbons (Fsp3) is 0.652. The molecule has 29 heavy (non-hydrogen) atoms. The highest BCUT2D eigenvalue weighted by molar-refractivity contribution is 7.18. The van der Waals surface area contributed by atoms with Crippen LogP contribution in [0.5, 0.6) is 5.75 Å². The Hall–Kier alpha value is -1.66. The van der Waals surface area contributed by atoms with Gasteiger partial charge in [0.1, 0.15) is 10.8 Å². The minimum absolute atomic E-state index is 0.238. The summed E-state index contributed by atoms with van der Waals surface area (Å²) in [5, 5.41) is 10.2. The molecule has 2 heterocycles. The van der Waals surface area contributed by atoms with E-state index in [2.05, 4.69) is 43.9 Å². The lowest BCUT2D eigenvalue weighted by atomic mass is 9.72. The van der Waals surface area contributed by atoms with E-state index in [-0.39, 0.29) is 5.92 Å². The van der Waals surface area contributed by atoms with Crippen molar-refractivity contribution in [3.05, 3.63) is 23.2 Å². The Morgan fingerprint density at radius 3 is 2.66 bits per heavy atom. The molecule has 1 atom stereocenters. The number of carbonyl (C=O) groups is 1. The maximum atomic E-state index is 11.2. The van der Waals surface area contributed by atoms with Crippen LogP contribution in [0, 0.1) is 17.3 Å². The molecule has 0 bridgehead atoms. The lowest BCUT2D eigenvalue weighted by molar-refractivity contribution is -0.141. The van der Waals surface area contributed by atoms with Crippen LogP contribution < -0.4 is 4.74 Å². The number of aromatic nitrogens is 1.